The Labute approximate surface area is 144 Å². The highest BCUT2D eigenvalue weighted by molar-refractivity contribution is 6.33. The molecule has 2 aromatic carbocycles. The number of rotatable bonds is 3. The van der Waals surface area contributed by atoms with Crippen LogP contribution in [-0.2, 0) is 4.79 Å². The maximum atomic E-state index is 13.3. The molecule has 24 heavy (non-hydrogen) atoms. The number of nitrogens with one attached hydrogen (secondary N) is 1. The number of benzene rings is 2. The fraction of sp³-hybridized carbons (Fsp3) is 0.222. The first kappa shape index (κ1) is 16.5. The average molecular weight is 347 g/mol. The number of hydrogen-bond donors (Lipinski definition) is 1. The number of aryl methyl sites for hydroxylation is 1. The molecule has 0 spiro atoms. The maximum Gasteiger partial charge on any atom is 0.253 e. The van der Waals surface area contributed by atoms with E-state index in [1.807, 2.05) is 31.2 Å². The highest BCUT2D eigenvalue weighted by atomic mass is 35.5. The third kappa shape index (κ3) is 3.26. The van der Waals surface area contributed by atoms with Crippen LogP contribution in [0, 0.1) is 12.7 Å². The van der Waals surface area contributed by atoms with Gasteiger partial charge in [0.2, 0.25) is 5.91 Å². The fourth-order valence-electron chi connectivity index (χ4n) is 2.70. The molecule has 1 fully saturated rings. The Hall–Kier alpha value is -2.40. The Balaban J connectivity index is 1.72. The maximum absolute atomic E-state index is 13.3. The summed E-state index contributed by atoms with van der Waals surface area (Å²) in [5, 5.41) is 2.79. The number of halogens is 2. The summed E-state index contributed by atoms with van der Waals surface area (Å²) in [6.07, 6.45) is 0.491. The number of carbonyl (C=O) groups is 2. The molecule has 3 rings (SSSR count). The molecule has 6 heteroatoms. The Morgan fingerprint density at radius 3 is 2.67 bits per heavy atom. The van der Waals surface area contributed by atoms with E-state index in [-0.39, 0.29) is 16.5 Å². The first-order valence-electron chi connectivity index (χ1n) is 7.59. The zero-order chi connectivity index (χ0) is 17.3. The van der Waals surface area contributed by atoms with Crippen LogP contribution in [0.5, 0.6) is 0 Å². The second-order valence-electron chi connectivity index (χ2n) is 5.76. The van der Waals surface area contributed by atoms with E-state index in [2.05, 4.69) is 5.32 Å². The summed E-state index contributed by atoms with van der Waals surface area (Å²) in [5.74, 6) is -1.29. The molecule has 0 bridgehead atoms. The second-order valence-corrected chi connectivity index (χ2v) is 6.17. The molecular weight excluding hydrogens is 331 g/mol. The Morgan fingerprint density at radius 2 is 1.96 bits per heavy atom. The van der Waals surface area contributed by atoms with Crippen LogP contribution in [0.1, 0.15) is 22.3 Å². The smallest absolute Gasteiger partial charge is 0.253 e. The zero-order valence-corrected chi connectivity index (χ0v) is 13.8. The summed E-state index contributed by atoms with van der Waals surface area (Å²) in [6.45, 7) is 2.49. The van der Waals surface area contributed by atoms with Gasteiger partial charge >= 0.3 is 0 Å². The van der Waals surface area contributed by atoms with E-state index in [1.165, 1.54) is 12.1 Å². The lowest BCUT2D eigenvalue weighted by Gasteiger charge is -2.17. The van der Waals surface area contributed by atoms with Crippen molar-refractivity contribution in [3.63, 3.8) is 0 Å². The normalized spacial score (nSPS) is 17.2. The summed E-state index contributed by atoms with van der Waals surface area (Å²) >= 11 is 5.93. The highest BCUT2D eigenvalue weighted by Gasteiger charge is 2.34. The van der Waals surface area contributed by atoms with Crippen LogP contribution in [0.15, 0.2) is 42.5 Å². The van der Waals surface area contributed by atoms with E-state index in [0.717, 1.165) is 17.3 Å². The van der Waals surface area contributed by atoms with Gasteiger partial charge in [-0.2, -0.15) is 0 Å². The van der Waals surface area contributed by atoms with Crippen molar-refractivity contribution in [2.24, 2.45) is 0 Å². The van der Waals surface area contributed by atoms with Gasteiger partial charge in [-0.15, -0.1) is 0 Å². The minimum atomic E-state index is -0.641. The van der Waals surface area contributed by atoms with Crippen LogP contribution in [0.2, 0.25) is 5.02 Å². The average Bonchev–Trinajstić information content (AvgIpc) is 2.91. The van der Waals surface area contributed by atoms with Crippen LogP contribution in [0.4, 0.5) is 10.1 Å². The number of anilines is 1. The summed E-state index contributed by atoms with van der Waals surface area (Å²) in [4.78, 5) is 26.4. The number of nitrogens with zero attached hydrogens (tertiary/aromatic N) is 1. The lowest BCUT2D eigenvalue weighted by molar-refractivity contribution is -0.118. The van der Waals surface area contributed by atoms with Gasteiger partial charge in [0.15, 0.2) is 0 Å². The third-order valence-corrected chi connectivity index (χ3v) is 4.36. The summed E-state index contributed by atoms with van der Waals surface area (Å²) < 4.78 is 13.3. The van der Waals surface area contributed by atoms with Crippen molar-refractivity contribution in [2.75, 3.05) is 11.4 Å². The molecule has 4 nitrogen and oxygen atoms in total. The van der Waals surface area contributed by atoms with Gasteiger partial charge in [-0.1, -0.05) is 29.3 Å². The molecule has 0 aromatic heterocycles. The molecule has 0 saturated carbocycles. The molecular formula is C18H16ClFN2O2. The molecule has 1 heterocycles. The standard InChI is InChI=1S/C18H16ClFN2O2/c1-11-2-5-13(6-3-11)22-9-8-16(18(22)24)21-17(23)14-10-12(20)4-7-15(14)19/h2-7,10,16H,8-9H2,1H3,(H,21,23). The van der Waals surface area contributed by atoms with Gasteiger partial charge in [0.25, 0.3) is 5.91 Å². The van der Waals surface area contributed by atoms with E-state index in [0.29, 0.717) is 13.0 Å². The molecule has 1 unspecified atom stereocenters. The molecule has 0 aliphatic carbocycles. The van der Waals surface area contributed by atoms with Crippen molar-refractivity contribution in [3.05, 3.63) is 64.4 Å². The van der Waals surface area contributed by atoms with Gasteiger partial charge in [0, 0.05) is 12.2 Å². The minimum Gasteiger partial charge on any atom is -0.340 e. The van der Waals surface area contributed by atoms with Crippen LogP contribution in [0.25, 0.3) is 0 Å². The van der Waals surface area contributed by atoms with Gasteiger partial charge in [0.1, 0.15) is 11.9 Å². The van der Waals surface area contributed by atoms with Crippen molar-refractivity contribution >= 4 is 29.1 Å². The van der Waals surface area contributed by atoms with Crippen molar-refractivity contribution in [3.8, 4) is 0 Å². The highest BCUT2D eigenvalue weighted by Crippen LogP contribution is 2.23. The first-order valence-corrected chi connectivity index (χ1v) is 7.97. The molecule has 1 N–H and O–H groups in total. The van der Waals surface area contributed by atoms with Gasteiger partial charge in [-0.25, -0.2) is 4.39 Å². The van der Waals surface area contributed by atoms with Gasteiger partial charge in [-0.05, 0) is 43.7 Å². The van der Waals surface area contributed by atoms with Crippen molar-refractivity contribution < 1.29 is 14.0 Å². The van der Waals surface area contributed by atoms with Gasteiger partial charge in [-0.3, -0.25) is 9.59 Å². The zero-order valence-electron chi connectivity index (χ0n) is 13.1. The molecule has 2 amide bonds. The predicted molar refractivity (Wildman–Crippen MR) is 90.8 cm³/mol. The summed E-state index contributed by atoms with van der Waals surface area (Å²) in [7, 11) is 0. The largest absolute Gasteiger partial charge is 0.340 e. The van der Waals surface area contributed by atoms with E-state index in [1.54, 1.807) is 4.90 Å². The molecule has 1 aliphatic rings. The van der Waals surface area contributed by atoms with Crippen LogP contribution < -0.4 is 10.2 Å². The quantitative estimate of drug-likeness (QED) is 0.926. The lowest BCUT2D eigenvalue weighted by Crippen LogP contribution is -2.41. The Kier molecular flexibility index (Phi) is 4.53. The molecule has 1 aliphatic heterocycles. The van der Waals surface area contributed by atoms with Gasteiger partial charge in [0.05, 0.1) is 10.6 Å². The summed E-state index contributed by atoms with van der Waals surface area (Å²) in [6, 6.07) is 10.5. The van der Waals surface area contributed by atoms with E-state index in [9.17, 15) is 14.0 Å². The van der Waals surface area contributed by atoms with Crippen LogP contribution in [0.3, 0.4) is 0 Å². The molecule has 124 valence electrons. The predicted octanol–water partition coefficient (Wildman–Crippen LogP) is 3.32. The fourth-order valence-corrected chi connectivity index (χ4v) is 2.91. The van der Waals surface area contributed by atoms with Crippen molar-refractivity contribution in [1.29, 1.82) is 0 Å². The molecule has 2 aromatic rings. The number of hydrogen-bond acceptors (Lipinski definition) is 2. The monoisotopic (exact) mass is 346 g/mol. The van der Waals surface area contributed by atoms with E-state index < -0.39 is 17.8 Å². The van der Waals surface area contributed by atoms with E-state index >= 15 is 0 Å². The van der Waals surface area contributed by atoms with Crippen molar-refractivity contribution in [2.45, 2.75) is 19.4 Å². The summed E-state index contributed by atoms with van der Waals surface area (Å²) in [5.41, 5.74) is 1.93. The molecule has 1 atom stereocenters. The van der Waals surface area contributed by atoms with Gasteiger partial charge < -0.3 is 10.2 Å². The van der Waals surface area contributed by atoms with Crippen molar-refractivity contribution in [1.82, 2.24) is 5.32 Å². The third-order valence-electron chi connectivity index (χ3n) is 4.03. The second kappa shape index (κ2) is 6.61. The number of amides is 2. The minimum absolute atomic E-state index is 0.0262. The Morgan fingerprint density at radius 1 is 1.25 bits per heavy atom. The SMILES string of the molecule is Cc1ccc(N2CCC(NC(=O)c3cc(F)ccc3Cl)C2=O)cc1. The van der Waals surface area contributed by atoms with Crippen LogP contribution in [-0.4, -0.2) is 24.4 Å². The molecule has 1 saturated heterocycles. The lowest BCUT2D eigenvalue weighted by atomic mass is 10.1. The topological polar surface area (TPSA) is 49.4 Å². The van der Waals surface area contributed by atoms with Crippen LogP contribution >= 0.6 is 11.6 Å². The first-order chi connectivity index (χ1) is 11.5. The molecule has 0 radical (unpaired) electrons. The number of carbonyl (C=O) groups excluding carboxylic acids is 2. The Bertz CT molecular complexity index is 792. The van der Waals surface area contributed by atoms with E-state index in [4.69, 9.17) is 11.6 Å².